The fourth-order valence-corrected chi connectivity index (χ4v) is 17.2. The van der Waals surface area contributed by atoms with Crippen LogP contribution in [0.15, 0.2) is 147 Å². The van der Waals surface area contributed by atoms with Gasteiger partial charge in [-0.15, -0.1) is 0 Å². The molecule has 2 spiro atoms. The van der Waals surface area contributed by atoms with E-state index in [-0.39, 0.29) is 69.4 Å². The molecule has 16 aromatic rings. The third kappa shape index (κ3) is 15.3. The second-order valence-electron chi connectivity index (χ2n) is 32.3. The van der Waals surface area contributed by atoms with Gasteiger partial charge in [0.2, 0.25) is 0 Å². The summed E-state index contributed by atoms with van der Waals surface area (Å²) in [5.41, 5.74) is 35.5. The van der Waals surface area contributed by atoms with E-state index in [2.05, 4.69) is 111 Å². The summed E-state index contributed by atoms with van der Waals surface area (Å²) in [7, 11) is 6.85. The number of fused-ring (bicyclic) bond motifs is 12. The van der Waals surface area contributed by atoms with Crippen molar-refractivity contribution < 1.29 is 45.3 Å². The minimum absolute atomic E-state index is 0.0607. The number of nitrogens with one attached hydrogen (secondary N) is 6. The van der Waals surface area contributed by atoms with Crippen molar-refractivity contribution in [1.29, 1.82) is 0 Å². The molecule has 14 heterocycles. The molecule has 6 aliphatic rings. The van der Waals surface area contributed by atoms with Gasteiger partial charge in [-0.3, -0.25) is 24.9 Å². The Morgan fingerprint density at radius 1 is 0.433 bits per heavy atom. The van der Waals surface area contributed by atoms with Gasteiger partial charge < -0.3 is 77.2 Å². The van der Waals surface area contributed by atoms with Gasteiger partial charge >= 0.3 is 24.0 Å². The number of anilines is 7. The SMILES string of the molecule is CNc1cc(F)c(F)c2c1[nH]c1nc(Oc3ccc(C)nc3)nc(N3CC4(CC[C@H]4N)C3)c12.CNc1cc(F)c(F)c2c1[nH]c1nc(Oc3ccc(C)nc3)nc(N3CCC4(C[C@H]4N)C3)c12.CNc1cc(F)cc2c1Cc1nc(Oc3ccc(C)nc3)nc(-c3cncc(N)c3)c1-2.CNc1cc(F)cc2c1Cc1nc(Oc3ccc(C)nc3)nc(-c3cncnc3)c1-2. The fraction of sp³-hybridized carbons (Fsp3) is 0.242. The van der Waals surface area contributed by atoms with Crippen molar-refractivity contribution in [3.05, 3.63) is 227 Å². The molecule has 22 rings (SSSR count). The molecule has 0 bridgehead atoms. The molecule has 36 heteroatoms. The quantitative estimate of drug-likeness (QED) is 0.0406. The number of aromatic nitrogens is 17. The van der Waals surface area contributed by atoms with E-state index in [1.807, 2.05) is 69.0 Å². The Hall–Kier alpha value is -15.1. The van der Waals surface area contributed by atoms with Crippen LogP contribution in [0.25, 0.3) is 88.6 Å². The zero-order chi connectivity index (χ0) is 88.0. The third-order valence-corrected chi connectivity index (χ3v) is 24.1. The number of nitrogens with two attached hydrogens (primary N) is 3. The number of nitrogens with zero attached hydrogens (tertiary/aromatic N) is 17. The van der Waals surface area contributed by atoms with E-state index in [0.29, 0.717) is 146 Å². The largest absolute Gasteiger partial charge is 0.423 e. The number of halogens is 6. The monoisotopic (exact) mass is 1720 g/mol. The molecule has 642 valence electrons. The highest BCUT2D eigenvalue weighted by molar-refractivity contribution is 6.16. The van der Waals surface area contributed by atoms with Gasteiger partial charge in [-0.1, -0.05) is 0 Å². The second kappa shape index (κ2) is 32.6. The lowest BCUT2D eigenvalue weighted by Crippen LogP contribution is -2.69. The summed E-state index contributed by atoms with van der Waals surface area (Å²) in [6, 6.07) is 25.4. The highest BCUT2D eigenvalue weighted by atomic mass is 19.2. The molecule has 127 heavy (non-hydrogen) atoms. The van der Waals surface area contributed by atoms with Crippen molar-refractivity contribution in [2.75, 3.05) is 91.2 Å². The summed E-state index contributed by atoms with van der Waals surface area (Å²) >= 11 is 0. The Bertz CT molecular complexity index is 7020. The highest BCUT2D eigenvalue weighted by Crippen LogP contribution is 2.55. The van der Waals surface area contributed by atoms with Crippen LogP contribution < -0.4 is 67.2 Å². The minimum atomic E-state index is -0.939. The van der Waals surface area contributed by atoms with Gasteiger partial charge in [0.15, 0.2) is 23.3 Å². The first kappa shape index (κ1) is 81.6. The van der Waals surface area contributed by atoms with Crippen LogP contribution in [0, 0.1) is 73.4 Å². The van der Waals surface area contributed by atoms with Gasteiger partial charge in [-0.25, -0.2) is 36.3 Å². The number of rotatable bonds is 16. The predicted molar refractivity (Wildman–Crippen MR) is 470 cm³/mol. The van der Waals surface area contributed by atoms with Crippen molar-refractivity contribution in [2.45, 2.75) is 78.3 Å². The molecule has 1 unspecified atom stereocenters. The molecule has 2 saturated heterocycles. The molecular formula is C91H82F6N26O4. The van der Waals surface area contributed by atoms with Crippen LogP contribution in [-0.4, -0.2) is 151 Å². The number of pyridine rings is 5. The zero-order valence-corrected chi connectivity index (χ0v) is 69.8. The minimum Gasteiger partial charge on any atom is -0.423 e. The molecule has 3 atom stereocenters. The van der Waals surface area contributed by atoms with Crippen LogP contribution in [-0.2, 0) is 12.8 Å². The molecule has 0 radical (unpaired) electrons. The third-order valence-electron chi connectivity index (χ3n) is 24.1. The Morgan fingerprint density at radius 3 is 1.24 bits per heavy atom. The van der Waals surface area contributed by atoms with Gasteiger partial charge in [0.1, 0.15) is 63.9 Å². The van der Waals surface area contributed by atoms with Crippen molar-refractivity contribution in [3.63, 3.8) is 0 Å². The Kier molecular flexibility index (Phi) is 20.9. The van der Waals surface area contributed by atoms with E-state index in [1.54, 1.807) is 96.0 Å². The molecule has 2 aliphatic heterocycles. The average molecular weight is 1720 g/mol. The van der Waals surface area contributed by atoms with E-state index < -0.39 is 23.3 Å². The number of H-pyrrole nitrogens is 2. The smallest absolute Gasteiger partial charge is 0.326 e. The number of ether oxygens (including phenoxy) is 4. The van der Waals surface area contributed by atoms with Gasteiger partial charge in [0, 0.05) is 183 Å². The summed E-state index contributed by atoms with van der Waals surface area (Å²) < 4.78 is 111. The fourth-order valence-electron chi connectivity index (χ4n) is 17.2. The second-order valence-corrected chi connectivity index (χ2v) is 32.3. The van der Waals surface area contributed by atoms with Gasteiger partial charge in [0.25, 0.3) is 0 Å². The van der Waals surface area contributed by atoms with Crippen LogP contribution in [0.3, 0.4) is 0 Å². The molecular weight excluding hydrogens is 1640 g/mol. The van der Waals surface area contributed by atoms with E-state index in [4.69, 9.17) is 36.1 Å². The molecule has 4 aromatic carbocycles. The summed E-state index contributed by atoms with van der Waals surface area (Å²) in [4.78, 5) is 76.6. The lowest BCUT2D eigenvalue weighted by molar-refractivity contribution is 0.0559. The van der Waals surface area contributed by atoms with Gasteiger partial charge in [0.05, 0.1) is 97.2 Å². The Labute approximate surface area is 721 Å². The van der Waals surface area contributed by atoms with E-state index >= 15 is 8.78 Å². The number of aryl methyl sites for hydroxylation is 4. The van der Waals surface area contributed by atoms with Crippen LogP contribution in [0.5, 0.6) is 47.0 Å². The maximum absolute atomic E-state index is 15.1. The Balaban J connectivity index is 0.000000110. The molecule has 4 fully saturated rings. The van der Waals surface area contributed by atoms with Crippen LogP contribution in [0.4, 0.5) is 66.4 Å². The molecule has 0 amide bonds. The van der Waals surface area contributed by atoms with Crippen LogP contribution in [0.1, 0.15) is 71.0 Å². The topological polar surface area (TPSA) is 395 Å². The average Bonchev–Trinajstić information content (AvgIpc) is 1.70. The summed E-state index contributed by atoms with van der Waals surface area (Å²) in [5.74, 6) is -1.38. The van der Waals surface area contributed by atoms with Crippen molar-refractivity contribution >= 4 is 83.9 Å². The molecule has 12 aromatic heterocycles. The first-order valence-corrected chi connectivity index (χ1v) is 40.9. The summed E-state index contributed by atoms with van der Waals surface area (Å²) in [6.45, 7) is 10.4. The maximum atomic E-state index is 15.1. The first-order valence-electron chi connectivity index (χ1n) is 40.9. The van der Waals surface area contributed by atoms with Crippen molar-refractivity contribution in [3.8, 4) is 91.8 Å². The van der Waals surface area contributed by atoms with Gasteiger partial charge in [-0.2, -0.15) is 39.9 Å². The summed E-state index contributed by atoms with van der Waals surface area (Å²) in [5, 5.41) is 13.1. The number of aromatic amines is 2. The van der Waals surface area contributed by atoms with Crippen LogP contribution >= 0.6 is 0 Å². The number of hydrogen-bond acceptors (Lipinski definition) is 28. The van der Waals surface area contributed by atoms with E-state index in [1.165, 1.54) is 30.6 Å². The predicted octanol–water partition coefficient (Wildman–Crippen LogP) is 16.3. The normalized spacial score (nSPS) is 16.3. The van der Waals surface area contributed by atoms with Gasteiger partial charge in [-0.05, 0) is 154 Å². The Morgan fingerprint density at radius 2 is 0.850 bits per heavy atom. The summed E-state index contributed by atoms with van der Waals surface area (Å²) in [6.07, 6.45) is 19.5. The molecule has 4 aliphatic carbocycles. The molecule has 2 saturated carbocycles. The first-order chi connectivity index (χ1) is 61.4. The van der Waals surface area contributed by atoms with Crippen molar-refractivity contribution in [2.24, 2.45) is 22.3 Å². The van der Waals surface area contributed by atoms with Crippen LogP contribution in [0.2, 0.25) is 0 Å². The maximum Gasteiger partial charge on any atom is 0.326 e. The number of nitrogen functional groups attached to an aromatic ring is 1. The van der Waals surface area contributed by atoms with Crippen molar-refractivity contribution in [1.82, 2.24) is 84.7 Å². The number of hydrogen-bond donors (Lipinski definition) is 9. The lowest BCUT2D eigenvalue weighted by Gasteiger charge is -2.60. The molecule has 30 nitrogen and oxygen atoms in total. The zero-order valence-electron chi connectivity index (χ0n) is 69.8. The highest BCUT2D eigenvalue weighted by Gasteiger charge is 2.56. The molecule has 12 N–H and O–H groups in total. The van der Waals surface area contributed by atoms with E-state index in [9.17, 15) is 17.6 Å². The van der Waals surface area contributed by atoms with E-state index in [0.717, 1.165) is 117 Å². The lowest BCUT2D eigenvalue weighted by atomic mass is 9.60. The standard InChI is InChI=1S/2C23H23F2N7O.C23H19FN6O.C22H17FN6O/c1-11-3-4-12(9-28-11)33-22-30-20-17(16-18(25)13(24)7-14(27-2)19(16)29-20)21(31-22)32-6-5-23(10-32)8-15(23)26;1-11-3-4-12(8-28-11)33-22-30-20-17(16-18(25)13(24)7-14(27-2)19(16)29-20)21(31-22)32-9-23(10-32)6-5-15(23)26;1-12-3-4-16(11-28-12)31-23-29-20-8-17-18(6-14(24)7-19(17)26-2)21(20)22(30-23)13-5-15(25)10-27-9-13;1-12-3-4-15(10-27-12)30-22-28-19-7-16-17(5-14(23)6-18(16)24-2)20(19)21(29-22)13-8-25-11-26-9-13/h3-4,7,9,15,27H,5-6,8,10,26H2,1-2H3,(H,29,30,31);3-4,7-8,15,27H,5-6,9-10,26H2,1-2H3,(H,29,30,31);3-7,9-11,26H,8,25H2,1-2H3;3-6,8-11,24H,7H2,1-2H3/t15-,23?;15-;;/m11../s1. The number of benzene rings is 4.